The van der Waals surface area contributed by atoms with Gasteiger partial charge in [0.1, 0.15) is 6.54 Å². The molecule has 0 aromatic heterocycles. The van der Waals surface area contributed by atoms with E-state index in [1.807, 2.05) is 13.8 Å². The molecule has 0 heterocycles. The van der Waals surface area contributed by atoms with Crippen molar-refractivity contribution in [3.8, 4) is 0 Å². The molecular formula is C16H22N2O4. The van der Waals surface area contributed by atoms with E-state index in [1.165, 1.54) is 11.8 Å². The largest absolute Gasteiger partial charge is 0.462 e. The van der Waals surface area contributed by atoms with Gasteiger partial charge in [0, 0.05) is 18.7 Å². The number of ether oxygens (including phenoxy) is 1. The van der Waals surface area contributed by atoms with Crippen LogP contribution in [0.5, 0.6) is 0 Å². The Morgan fingerprint density at radius 1 is 1.18 bits per heavy atom. The van der Waals surface area contributed by atoms with Crippen LogP contribution in [0.15, 0.2) is 24.3 Å². The maximum absolute atomic E-state index is 11.8. The van der Waals surface area contributed by atoms with E-state index in [4.69, 9.17) is 4.74 Å². The molecule has 0 radical (unpaired) electrons. The molecule has 0 aliphatic rings. The van der Waals surface area contributed by atoms with Crippen molar-refractivity contribution in [2.75, 3.05) is 18.1 Å². The lowest BCUT2D eigenvalue weighted by Gasteiger charge is -2.21. The van der Waals surface area contributed by atoms with Crippen LogP contribution in [0, 0.1) is 0 Å². The second-order valence-corrected chi connectivity index (χ2v) is 5.09. The fourth-order valence-electron chi connectivity index (χ4n) is 1.89. The summed E-state index contributed by atoms with van der Waals surface area (Å²) in [4.78, 5) is 36.5. The van der Waals surface area contributed by atoms with Gasteiger partial charge in [-0.1, -0.05) is 0 Å². The fraction of sp³-hybridized carbons (Fsp3) is 0.438. The Labute approximate surface area is 130 Å². The molecule has 0 atom stereocenters. The zero-order valence-electron chi connectivity index (χ0n) is 13.4. The Morgan fingerprint density at radius 2 is 1.77 bits per heavy atom. The molecule has 22 heavy (non-hydrogen) atoms. The normalized spacial score (nSPS) is 10.2. The van der Waals surface area contributed by atoms with Crippen molar-refractivity contribution in [2.45, 2.75) is 33.7 Å². The first-order valence-electron chi connectivity index (χ1n) is 7.19. The SMILES string of the molecule is CCOC(=O)c1ccc(N(CC(=O)NC(C)C)C(C)=O)cc1. The van der Waals surface area contributed by atoms with Crippen LogP contribution in [0.4, 0.5) is 5.69 Å². The number of rotatable bonds is 6. The van der Waals surface area contributed by atoms with Gasteiger partial charge in [0.2, 0.25) is 11.8 Å². The molecule has 0 saturated heterocycles. The number of carbonyl (C=O) groups is 3. The van der Waals surface area contributed by atoms with Gasteiger partial charge in [-0.25, -0.2) is 4.79 Å². The monoisotopic (exact) mass is 306 g/mol. The highest BCUT2D eigenvalue weighted by Crippen LogP contribution is 2.16. The summed E-state index contributed by atoms with van der Waals surface area (Å²) in [6.45, 7) is 7.06. The van der Waals surface area contributed by atoms with Gasteiger partial charge in [-0.2, -0.15) is 0 Å². The highest BCUT2D eigenvalue weighted by atomic mass is 16.5. The zero-order valence-corrected chi connectivity index (χ0v) is 13.4. The Balaban J connectivity index is 2.86. The molecule has 6 nitrogen and oxygen atoms in total. The third kappa shape index (κ3) is 5.20. The number of benzene rings is 1. The van der Waals surface area contributed by atoms with Crippen molar-refractivity contribution in [1.29, 1.82) is 0 Å². The Hall–Kier alpha value is -2.37. The van der Waals surface area contributed by atoms with Crippen LogP contribution in [-0.4, -0.2) is 37.0 Å². The number of hydrogen-bond acceptors (Lipinski definition) is 4. The lowest BCUT2D eigenvalue weighted by Crippen LogP contribution is -2.42. The molecule has 0 bridgehead atoms. The van der Waals surface area contributed by atoms with Crippen molar-refractivity contribution in [2.24, 2.45) is 0 Å². The van der Waals surface area contributed by atoms with E-state index in [0.29, 0.717) is 17.9 Å². The second-order valence-electron chi connectivity index (χ2n) is 5.09. The molecule has 1 aromatic rings. The molecule has 0 saturated carbocycles. The molecular weight excluding hydrogens is 284 g/mol. The first-order chi connectivity index (χ1) is 10.3. The third-order valence-corrected chi connectivity index (χ3v) is 2.82. The number of anilines is 1. The molecule has 0 fully saturated rings. The summed E-state index contributed by atoms with van der Waals surface area (Å²) in [5.41, 5.74) is 0.959. The van der Waals surface area contributed by atoms with E-state index in [2.05, 4.69) is 5.32 Å². The highest BCUT2D eigenvalue weighted by molar-refractivity contribution is 5.98. The number of esters is 1. The molecule has 120 valence electrons. The molecule has 0 spiro atoms. The van der Waals surface area contributed by atoms with Crippen LogP contribution in [0.25, 0.3) is 0 Å². The maximum Gasteiger partial charge on any atom is 0.338 e. The summed E-state index contributed by atoms with van der Waals surface area (Å²) >= 11 is 0. The number of amides is 2. The summed E-state index contributed by atoms with van der Waals surface area (Å²) < 4.78 is 4.90. The van der Waals surface area contributed by atoms with Gasteiger partial charge in [0.15, 0.2) is 0 Å². The van der Waals surface area contributed by atoms with Gasteiger partial charge < -0.3 is 15.0 Å². The molecule has 0 unspecified atom stereocenters. The van der Waals surface area contributed by atoms with E-state index in [0.717, 1.165) is 0 Å². The zero-order chi connectivity index (χ0) is 16.7. The van der Waals surface area contributed by atoms with E-state index in [1.54, 1.807) is 31.2 Å². The molecule has 1 rings (SSSR count). The van der Waals surface area contributed by atoms with E-state index >= 15 is 0 Å². The highest BCUT2D eigenvalue weighted by Gasteiger charge is 2.17. The molecule has 2 amide bonds. The van der Waals surface area contributed by atoms with Gasteiger partial charge >= 0.3 is 5.97 Å². The molecule has 1 N–H and O–H groups in total. The standard InChI is InChI=1S/C16H22N2O4/c1-5-22-16(21)13-6-8-14(9-7-13)18(12(4)19)10-15(20)17-11(2)3/h6-9,11H,5,10H2,1-4H3,(H,17,20). The molecule has 0 aliphatic heterocycles. The average Bonchev–Trinajstić information content (AvgIpc) is 2.44. The smallest absolute Gasteiger partial charge is 0.338 e. The first-order valence-corrected chi connectivity index (χ1v) is 7.19. The lowest BCUT2D eigenvalue weighted by molar-refractivity contribution is -0.123. The van der Waals surface area contributed by atoms with Crippen molar-refractivity contribution in [1.82, 2.24) is 5.32 Å². The Bertz CT molecular complexity index is 538. The minimum atomic E-state index is -0.416. The van der Waals surface area contributed by atoms with E-state index < -0.39 is 5.97 Å². The lowest BCUT2D eigenvalue weighted by atomic mass is 10.2. The van der Waals surface area contributed by atoms with Crippen molar-refractivity contribution < 1.29 is 19.1 Å². The van der Waals surface area contributed by atoms with Gasteiger partial charge in [0.05, 0.1) is 12.2 Å². The van der Waals surface area contributed by atoms with Gasteiger partial charge in [0.25, 0.3) is 0 Å². The molecule has 0 aliphatic carbocycles. The van der Waals surface area contributed by atoms with Crippen molar-refractivity contribution in [3.63, 3.8) is 0 Å². The summed E-state index contributed by atoms with van der Waals surface area (Å²) in [6, 6.07) is 6.40. The molecule has 6 heteroatoms. The van der Waals surface area contributed by atoms with E-state index in [9.17, 15) is 14.4 Å². The predicted octanol–water partition coefficient (Wildman–Crippen LogP) is 1.74. The van der Waals surface area contributed by atoms with Crippen molar-refractivity contribution >= 4 is 23.5 Å². The van der Waals surface area contributed by atoms with Crippen LogP contribution in [-0.2, 0) is 14.3 Å². The number of carbonyl (C=O) groups excluding carboxylic acids is 3. The van der Waals surface area contributed by atoms with Crippen LogP contribution < -0.4 is 10.2 Å². The molecule has 1 aromatic carbocycles. The minimum absolute atomic E-state index is 0.00694. The first kappa shape index (κ1) is 17.7. The summed E-state index contributed by atoms with van der Waals surface area (Å²) in [6.07, 6.45) is 0. The number of hydrogen-bond donors (Lipinski definition) is 1. The second kappa shape index (κ2) is 8.17. The predicted molar refractivity (Wildman–Crippen MR) is 83.7 cm³/mol. The topological polar surface area (TPSA) is 75.7 Å². The summed E-state index contributed by atoms with van der Waals surface area (Å²) in [7, 11) is 0. The number of nitrogens with one attached hydrogen (secondary N) is 1. The van der Waals surface area contributed by atoms with Gasteiger partial charge in [-0.05, 0) is 45.0 Å². The van der Waals surface area contributed by atoms with Gasteiger partial charge in [-0.15, -0.1) is 0 Å². The van der Waals surface area contributed by atoms with Crippen LogP contribution in [0.2, 0.25) is 0 Å². The fourth-order valence-corrected chi connectivity index (χ4v) is 1.89. The van der Waals surface area contributed by atoms with Crippen molar-refractivity contribution in [3.05, 3.63) is 29.8 Å². The minimum Gasteiger partial charge on any atom is -0.462 e. The average molecular weight is 306 g/mol. The Kier molecular flexibility index (Phi) is 6.56. The quantitative estimate of drug-likeness (QED) is 0.812. The van der Waals surface area contributed by atoms with Crippen LogP contribution >= 0.6 is 0 Å². The third-order valence-electron chi connectivity index (χ3n) is 2.82. The van der Waals surface area contributed by atoms with Gasteiger partial charge in [-0.3, -0.25) is 9.59 Å². The van der Waals surface area contributed by atoms with Crippen LogP contribution in [0.1, 0.15) is 38.1 Å². The maximum atomic E-state index is 11.8. The number of nitrogens with zero attached hydrogens (tertiary/aromatic N) is 1. The van der Waals surface area contributed by atoms with E-state index in [-0.39, 0.29) is 24.4 Å². The summed E-state index contributed by atoms with van der Waals surface area (Å²) in [5, 5.41) is 2.74. The Morgan fingerprint density at radius 3 is 2.23 bits per heavy atom. The summed E-state index contributed by atoms with van der Waals surface area (Å²) in [5.74, 6) is -0.900. The van der Waals surface area contributed by atoms with Crippen LogP contribution in [0.3, 0.4) is 0 Å².